The third-order valence-corrected chi connectivity index (χ3v) is 3.51. The number of nitrogens with zero attached hydrogens (tertiary/aromatic N) is 4. The highest BCUT2D eigenvalue weighted by Gasteiger charge is 2.32. The van der Waals surface area contributed by atoms with Crippen LogP contribution < -0.4 is 4.90 Å². The average molecular weight is 261 g/mol. The van der Waals surface area contributed by atoms with Gasteiger partial charge >= 0.3 is 0 Å². The fourth-order valence-corrected chi connectivity index (χ4v) is 2.60. The van der Waals surface area contributed by atoms with Crippen LogP contribution in [0.4, 0.5) is 5.82 Å². The van der Waals surface area contributed by atoms with Crippen molar-refractivity contribution < 1.29 is 0 Å². The Balaban J connectivity index is 2.37. The molecule has 1 aliphatic rings. The van der Waals surface area contributed by atoms with Gasteiger partial charge in [-0.25, -0.2) is 0 Å². The maximum atomic E-state index is 6.03. The summed E-state index contributed by atoms with van der Waals surface area (Å²) in [5.41, 5.74) is 0. The topological polar surface area (TPSA) is 41.9 Å². The van der Waals surface area contributed by atoms with E-state index in [1.165, 1.54) is 0 Å². The van der Waals surface area contributed by atoms with Gasteiger partial charge in [0.15, 0.2) is 11.0 Å². The van der Waals surface area contributed by atoms with Crippen molar-refractivity contribution in [2.24, 2.45) is 0 Å². The van der Waals surface area contributed by atoms with Gasteiger partial charge in [0.1, 0.15) is 0 Å². The van der Waals surface area contributed by atoms with Crippen molar-refractivity contribution in [2.75, 3.05) is 4.90 Å². The summed E-state index contributed by atoms with van der Waals surface area (Å²) in [4.78, 5) is 6.40. The second-order valence-corrected chi connectivity index (χ2v) is 4.79. The van der Waals surface area contributed by atoms with Gasteiger partial charge in [0, 0.05) is 12.1 Å². The molecule has 1 aromatic heterocycles. The Bertz CT molecular complexity index is 385. The quantitative estimate of drug-likeness (QED) is 0.820. The number of anilines is 1. The lowest BCUT2D eigenvalue weighted by Gasteiger charge is -2.29. The minimum Gasteiger partial charge on any atom is -0.348 e. The summed E-state index contributed by atoms with van der Waals surface area (Å²) >= 11 is 11.8. The molecule has 0 spiro atoms. The minimum atomic E-state index is 0.147. The number of hydrogen-bond donors (Lipinski definition) is 0. The summed E-state index contributed by atoms with van der Waals surface area (Å²) in [6, 6.07) is 0.899. The molecule has 0 bridgehead atoms. The zero-order valence-corrected chi connectivity index (χ0v) is 10.8. The van der Waals surface area contributed by atoms with Crippen molar-refractivity contribution in [3.63, 3.8) is 0 Å². The van der Waals surface area contributed by atoms with Gasteiger partial charge in [0.05, 0.1) is 0 Å². The zero-order chi connectivity index (χ0) is 11.7. The van der Waals surface area contributed by atoms with E-state index in [2.05, 4.69) is 33.9 Å². The molecule has 6 heteroatoms. The van der Waals surface area contributed by atoms with Gasteiger partial charge in [-0.15, -0.1) is 10.2 Å². The van der Waals surface area contributed by atoms with E-state index in [4.69, 9.17) is 23.2 Å². The molecule has 1 aliphatic heterocycles. The van der Waals surface area contributed by atoms with E-state index in [1.807, 2.05) is 0 Å². The molecular weight excluding hydrogens is 247 g/mol. The molecule has 88 valence electrons. The summed E-state index contributed by atoms with van der Waals surface area (Å²) in [6.07, 6.45) is 3.38. The average Bonchev–Trinajstić information content (AvgIpc) is 2.63. The highest BCUT2D eigenvalue weighted by Crippen LogP contribution is 2.34. The molecule has 2 unspecified atom stereocenters. The Morgan fingerprint density at radius 2 is 2.06 bits per heavy atom. The largest absolute Gasteiger partial charge is 0.348 e. The number of aromatic nitrogens is 3. The van der Waals surface area contributed by atoms with Crippen LogP contribution in [0.2, 0.25) is 10.4 Å². The van der Waals surface area contributed by atoms with E-state index in [0.29, 0.717) is 23.1 Å². The molecule has 1 fully saturated rings. The van der Waals surface area contributed by atoms with Crippen molar-refractivity contribution in [1.29, 1.82) is 0 Å². The van der Waals surface area contributed by atoms with E-state index >= 15 is 0 Å². The molecule has 1 aromatic rings. The third kappa shape index (κ3) is 2.09. The number of hydrogen-bond acceptors (Lipinski definition) is 4. The summed E-state index contributed by atoms with van der Waals surface area (Å²) in [6.45, 7) is 4.34. The van der Waals surface area contributed by atoms with Gasteiger partial charge in [0.25, 0.3) is 0 Å². The molecule has 2 heterocycles. The van der Waals surface area contributed by atoms with E-state index < -0.39 is 0 Å². The number of halogens is 2. The van der Waals surface area contributed by atoms with Gasteiger partial charge in [0.2, 0.25) is 5.28 Å². The van der Waals surface area contributed by atoms with Crippen LogP contribution in [-0.4, -0.2) is 27.3 Å². The van der Waals surface area contributed by atoms with E-state index in [0.717, 1.165) is 19.3 Å². The second-order valence-electron chi connectivity index (χ2n) is 4.09. The molecule has 0 N–H and O–H groups in total. The SMILES string of the molecule is CCC1CCC(C)N1c1nc(Cl)nnc1Cl. The molecule has 16 heavy (non-hydrogen) atoms. The maximum Gasteiger partial charge on any atom is 0.245 e. The highest BCUT2D eigenvalue weighted by atomic mass is 35.5. The smallest absolute Gasteiger partial charge is 0.245 e. The molecule has 4 nitrogen and oxygen atoms in total. The summed E-state index contributed by atoms with van der Waals surface area (Å²) < 4.78 is 0. The number of rotatable bonds is 2. The van der Waals surface area contributed by atoms with Crippen LogP contribution >= 0.6 is 23.2 Å². The van der Waals surface area contributed by atoms with Crippen molar-refractivity contribution in [2.45, 2.75) is 45.2 Å². The second kappa shape index (κ2) is 4.72. The lowest BCUT2D eigenvalue weighted by Crippen LogP contribution is -2.35. The summed E-state index contributed by atoms with van der Waals surface area (Å²) in [5, 5.41) is 7.91. The fraction of sp³-hybridized carbons (Fsp3) is 0.700. The monoisotopic (exact) mass is 260 g/mol. The van der Waals surface area contributed by atoms with Crippen LogP contribution in [0.3, 0.4) is 0 Å². The normalized spacial score (nSPS) is 25.1. The molecule has 0 saturated carbocycles. The predicted molar refractivity (Wildman–Crippen MR) is 65.1 cm³/mol. The summed E-state index contributed by atoms with van der Waals surface area (Å²) in [5.74, 6) is 0.665. The van der Waals surface area contributed by atoms with E-state index in [9.17, 15) is 0 Å². The van der Waals surface area contributed by atoms with Crippen molar-refractivity contribution in [3.8, 4) is 0 Å². The van der Waals surface area contributed by atoms with Gasteiger partial charge < -0.3 is 4.90 Å². The third-order valence-electron chi connectivity index (χ3n) is 3.10. The van der Waals surface area contributed by atoms with Crippen LogP contribution in [0.15, 0.2) is 0 Å². The van der Waals surface area contributed by atoms with Gasteiger partial charge in [-0.3, -0.25) is 0 Å². The molecule has 2 rings (SSSR count). The molecule has 0 amide bonds. The zero-order valence-electron chi connectivity index (χ0n) is 9.32. The molecule has 0 aromatic carbocycles. The predicted octanol–water partition coefficient (Wildman–Crippen LogP) is 2.95. The van der Waals surface area contributed by atoms with Crippen LogP contribution in [-0.2, 0) is 0 Å². The van der Waals surface area contributed by atoms with Crippen molar-refractivity contribution >= 4 is 29.0 Å². The lowest BCUT2D eigenvalue weighted by atomic mass is 10.2. The molecule has 0 aliphatic carbocycles. The first kappa shape index (κ1) is 11.9. The molecular formula is C10H14Cl2N4. The van der Waals surface area contributed by atoms with E-state index in [-0.39, 0.29) is 5.28 Å². The van der Waals surface area contributed by atoms with Crippen molar-refractivity contribution in [1.82, 2.24) is 15.2 Å². The first-order valence-corrected chi connectivity index (χ1v) is 6.23. The molecule has 1 saturated heterocycles. The Morgan fingerprint density at radius 1 is 1.31 bits per heavy atom. The lowest BCUT2D eigenvalue weighted by molar-refractivity contribution is 0.618. The van der Waals surface area contributed by atoms with Gasteiger partial charge in [-0.2, -0.15) is 4.98 Å². The van der Waals surface area contributed by atoms with Crippen LogP contribution in [0.25, 0.3) is 0 Å². The summed E-state index contributed by atoms with van der Waals surface area (Å²) in [7, 11) is 0. The molecule has 0 radical (unpaired) electrons. The Morgan fingerprint density at radius 3 is 2.75 bits per heavy atom. The highest BCUT2D eigenvalue weighted by molar-refractivity contribution is 6.32. The molecule has 2 atom stereocenters. The Hall–Kier alpha value is -0.610. The van der Waals surface area contributed by atoms with Crippen LogP contribution in [0.5, 0.6) is 0 Å². The van der Waals surface area contributed by atoms with Crippen LogP contribution in [0.1, 0.15) is 33.1 Å². The fourth-order valence-electron chi connectivity index (χ4n) is 2.30. The standard InChI is InChI=1S/C10H14Cl2N4/c1-3-7-5-4-6(2)16(7)9-8(11)14-15-10(12)13-9/h6-7H,3-5H2,1-2H3. The van der Waals surface area contributed by atoms with Crippen LogP contribution in [0, 0.1) is 0 Å². The van der Waals surface area contributed by atoms with E-state index in [1.54, 1.807) is 0 Å². The van der Waals surface area contributed by atoms with Gasteiger partial charge in [-0.05, 0) is 37.8 Å². The van der Waals surface area contributed by atoms with Crippen molar-refractivity contribution in [3.05, 3.63) is 10.4 Å². The van der Waals surface area contributed by atoms with Gasteiger partial charge in [-0.1, -0.05) is 18.5 Å². The maximum absolute atomic E-state index is 6.03. The first-order valence-electron chi connectivity index (χ1n) is 5.47. The minimum absolute atomic E-state index is 0.147. The Labute approximate surface area is 105 Å². The first-order chi connectivity index (χ1) is 7.63. The Kier molecular flexibility index (Phi) is 3.50.